The minimum absolute atomic E-state index is 0.0683. The zero-order chi connectivity index (χ0) is 19.6. The summed E-state index contributed by atoms with van der Waals surface area (Å²) in [7, 11) is -4.14. The van der Waals surface area contributed by atoms with Gasteiger partial charge in [0.15, 0.2) is 5.78 Å². The summed E-state index contributed by atoms with van der Waals surface area (Å²) in [5.41, 5.74) is 6.83. The Balaban J connectivity index is 1.92. The first-order chi connectivity index (χ1) is 12.8. The van der Waals surface area contributed by atoms with Crippen LogP contribution < -0.4 is 5.73 Å². The maximum absolute atomic E-state index is 13.0. The van der Waals surface area contributed by atoms with Gasteiger partial charge in [-0.3, -0.25) is 9.59 Å². The van der Waals surface area contributed by atoms with Crippen LogP contribution >= 0.6 is 11.6 Å². The number of halogens is 1. The summed E-state index contributed by atoms with van der Waals surface area (Å²) in [6.45, 7) is -0.447. The number of sulfonamides is 1. The molecule has 0 spiro atoms. The summed E-state index contributed by atoms with van der Waals surface area (Å²) in [6, 6.07) is 12.6. The molecule has 1 amide bonds. The van der Waals surface area contributed by atoms with Crippen LogP contribution in [-0.2, 0) is 26.0 Å². The fourth-order valence-electron chi connectivity index (χ4n) is 3.09. The molecule has 1 aliphatic heterocycles. The number of amides is 1. The lowest BCUT2D eigenvalue weighted by Gasteiger charge is -2.23. The number of hydrogen-bond donors (Lipinski definition) is 1. The summed E-state index contributed by atoms with van der Waals surface area (Å²) in [5.74, 6) is -1.47. The number of nitrogens with zero attached hydrogens (tertiary/aromatic N) is 1. The van der Waals surface area contributed by atoms with Crippen LogP contribution in [0.2, 0.25) is 5.02 Å². The molecule has 2 N–H and O–H groups in total. The minimum atomic E-state index is -4.14. The molecule has 0 bridgehead atoms. The lowest BCUT2D eigenvalue weighted by atomic mass is 9.94. The predicted octanol–water partition coefficient (Wildman–Crippen LogP) is 2.66. The van der Waals surface area contributed by atoms with Gasteiger partial charge in [0.1, 0.15) is 0 Å². The number of carbonyl (C=O) groups is 2. The highest BCUT2D eigenvalue weighted by molar-refractivity contribution is 7.89. The first-order valence-electron chi connectivity index (χ1n) is 8.45. The van der Waals surface area contributed by atoms with Crippen LogP contribution in [0.1, 0.15) is 18.4 Å². The van der Waals surface area contributed by atoms with Gasteiger partial charge in [-0.15, -0.1) is 0 Å². The number of rotatable bonds is 4. The molecule has 0 saturated carbocycles. The molecule has 0 radical (unpaired) electrons. The Hall–Kier alpha value is -2.38. The van der Waals surface area contributed by atoms with Crippen LogP contribution in [0.3, 0.4) is 0 Å². The minimum Gasteiger partial charge on any atom is -0.399 e. The van der Waals surface area contributed by atoms with Gasteiger partial charge in [-0.2, -0.15) is 0 Å². The molecule has 1 aliphatic rings. The maximum Gasteiger partial charge on any atom is 0.266 e. The van der Waals surface area contributed by atoms with Crippen LogP contribution in [0, 0.1) is 5.92 Å². The van der Waals surface area contributed by atoms with Gasteiger partial charge >= 0.3 is 0 Å². The summed E-state index contributed by atoms with van der Waals surface area (Å²) in [5, 5.41) is 0.538. The largest absolute Gasteiger partial charge is 0.399 e. The molecule has 2 aromatic rings. The third-order valence-corrected chi connectivity index (χ3v) is 6.52. The molecular weight excluding hydrogens is 388 g/mol. The second-order valence-corrected chi connectivity index (χ2v) is 8.83. The van der Waals surface area contributed by atoms with Crippen molar-refractivity contribution in [2.45, 2.75) is 24.2 Å². The number of hydrogen-bond acceptors (Lipinski definition) is 5. The topological polar surface area (TPSA) is 97.5 Å². The van der Waals surface area contributed by atoms with E-state index in [1.54, 1.807) is 18.2 Å². The third kappa shape index (κ3) is 4.31. The number of ketones is 1. The Kier molecular flexibility index (Phi) is 5.53. The number of benzene rings is 2. The maximum atomic E-state index is 13.0. The number of Topliss-reactive ketones (excluding diaryl/α,β-unsaturated/α-hetero) is 1. The zero-order valence-corrected chi connectivity index (χ0v) is 16.0. The third-order valence-electron chi connectivity index (χ3n) is 4.53. The Morgan fingerprint density at radius 3 is 2.48 bits per heavy atom. The molecule has 1 atom stereocenters. The van der Waals surface area contributed by atoms with Crippen LogP contribution in [-0.4, -0.2) is 31.0 Å². The molecule has 0 aliphatic carbocycles. The van der Waals surface area contributed by atoms with Crippen LogP contribution in [0.25, 0.3) is 0 Å². The monoisotopic (exact) mass is 406 g/mol. The van der Waals surface area contributed by atoms with Crippen LogP contribution in [0.15, 0.2) is 53.4 Å². The van der Waals surface area contributed by atoms with E-state index in [4.69, 9.17) is 17.3 Å². The van der Waals surface area contributed by atoms with E-state index in [1.807, 2.05) is 6.07 Å². The van der Waals surface area contributed by atoms with E-state index in [0.29, 0.717) is 27.9 Å². The van der Waals surface area contributed by atoms with E-state index < -0.39 is 28.4 Å². The Bertz CT molecular complexity index is 973. The van der Waals surface area contributed by atoms with Gasteiger partial charge in [-0.1, -0.05) is 23.7 Å². The molecule has 1 unspecified atom stereocenters. The van der Waals surface area contributed by atoms with Crippen molar-refractivity contribution in [1.82, 2.24) is 4.31 Å². The summed E-state index contributed by atoms with van der Waals surface area (Å²) >= 11 is 5.99. The first-order valence-corrected chi connectivity index (χ1v) is 10.3. The van der Waals surface area contributed by atoms with Gasteiger partial charge in [-0.25, -0.2) is 12.7 Å². The number of anilines is 1. The summed E-state index contributed by atoms with van der Waals surface area (Å²) in [4.78, 5) is 25.1. The van der Waals surface area contributed by atoms with Gasteiger partial charge < -0.3 is 5.73 Å². The quantitative estimate of drug-likeness (QED) is 0.787. The Labute approximate surface area is 163 Å². The molecule has 3 rings (SSSR count). The Morgan fingerprint density at radius 1 is 1.11 bits per heavy atom. The van der Waals surface area contributed by atoms with E-state index >= 15 is 0 Å². The van der Waals surface area contributed by atoms with Gasteiger partial charge in [0.05, 0.1) is 11.4 Å². The molecule has 2 aromatic carbocycles. The second kappa shape index (κ2) is 7.70. The highest BCUT2D eigenvalue weighted by Gasteiger charge is 2.37. The molecule has 6 nitrogen and oxygen atoms in total. The molecular formula is C19H19ClN2O4S. The fourth-order valence-corrected chi connectivity index (χ4v) is 4.74. The standard InChI is InChI=1S/C19H19ClN2O4S/c20-15-3-1-2-13(11-15)10-14-4-7-17(23)12-22(19(14)24)27(25,26)18-8-5-16(21)6-9-18/h1-3,5-6,8-9,11,14H,4,7,10,12,21H2. The highest BCUT2D eigenvalue weighted by Crippen LogP contribution is 2.26. The van der Waals surface area contributed by atoms with E-state index in [-0.39, 0.29) is 17.1 Å². The van der Waals surface area contributed by atoms with Crippen LogP contribution in [0.4, 0.5) is 5.69 Å². The van der Waals surface area contributed by atoms with E-state index in [2.05, 4.69) is 0 Å². The lowest BCUT2D eigenvalue weighted by molar-refractivity contribution is -0.131. The van der Waals surface area contributed by atoms with Crippen molar-refractivity contribution >= 4 is 39.0 Å². The second-order valence-electron chi connectivity index (χ2n) is 6.53. The molecule has 0 aromatic heterocycles. The van der Waals surface area contributed by atoms with Gasteiger partial charge in [0.25, 0.3) is 10.0 Å². The van der Waals surface area contributed by atoms with Crippen molar-refractivity contribution in [2.24, 2.45) is 5.92 Å². The average Bonchev–Trinajstić information content (AvgIpc) is 2.76. The van der Waals surface area contributed by atoms with E-state index in [0.717, 1.165) is 5.56 Å². The van der Waals surface area contributed by atoms with Crippen molar-refractivity contribution in [3.8, 4) is 0 Å². The van der Waals surface area contributed by atoms with Crippen molar-refractivity contribution in [3.63, 3.8) is 0 Å². The van der Waals surface area contributed by atoms with Crippen molar-refractivity contribution < 1.29 is 18.0 Å². The van der Waals surface area contributed by atoms with Crippen molar-refractivity contribution in [2.75, 3.05) is 12.3 Å². The van der Waals surface area contributed by atoms with Gasteiger partial charge in [0, 0.05) is 23.0 Å². The summed E-state index contributed by atoms with van der Waals surface area (Å²) < 4.78 is 26.6. The smallest absolute Gasteiger partial charge is 0.266 e. The first kappa shape index (κ1) is 19.4. The summed E-state index contributed by atoms with van der Waals surface area (Å²) in [6.07, 6.45) is 0.781. The number of carbonyl (C=O) groups excluding carboxylic acids is 2. The molecule has 1 saturated heterocycles. The predicted molar refractivity (Wildman–Crippen MR) is 103 cm³/mol. The van der Waals surface area contributed by atoms with Gasteiger partial charge in [0.2, 0.25) is 5.91 Å². The SMILES string of the molecule is Nc1ccc(S(=O)(=O)N2CC(=O)CCC(Cc3cccc(Cl)c3)C2=O)cc1. The molecule has 8 heteroatoms. The lowest BCUT2D eigenvalue weighted by Crippen LogP contribution is -2.42. The number of nitrogens with two attached hydrogens (primary N) is 1. The average molecular weight is 407 g/mol. The Morgan fingerprint density at radius 2 is 1.81 bits per heavy atom. The molecule has 1 fully saturated rings. The number of nitrogen functional groups attached to an aromatic ring is 1. The van der Waals surface area contributed by atoms with E-state index in [9.17, 15) is 18.0 Å². The highest BCUT2D eigenvalue weighted by atomic mass is 35.5. The zero-order valence-electron chi connectivity index (χ0n) is 14.5. The normalized spacial score (nSPS) is 18.4. The van der Waals surface area contributed by atoms with Crippen molar-refractivity contribution in [3.05, 3.63) is 59.1 Å². The van der Waals surface area contributed by atoms with Gasteiger partial charge in [-0.05, 0) is 54.8 Å². The molecule has 142 valence electrons. The van der Waals surface area contributed by atoms with Crippen molar-refractivity contribution in [1.29, 1.82) is 0 Å². The van der Waals surface area contributed by atoms with E-state index in [1.165, 1.54) is 24.3 Å². The fraction of sp³-hybridized carbons (Fsp3) is 0.263. The van der Waals surface area contributed by atoms with Crippen LogP contribution in [0.5, 0.6) is 0 Å². The molecule has 1 heterocycles. The molecule has 27 heavy (non-hydrogen) atoms.